The average Bonchev–Trinajstić information content (AvgIpc) is 3.61. The third-order valence-corrected chi connectivity index (χ3v) is 8.20. The molecule has 2 atom stereocenters. The van der Waals surface area contributed by atoms with Gasteiger partial charge in [0.25, 0.3) is 0 Å². The topological polar surface area (TPSA) is 64.1 Å². The van der Waals surface area contributed by atoms with E-state index in [2.05, 4.69) is 4.98 Å². The fourth-order valence-corrected chi connectivity index (χ4v) is 5.84. The quantitative estimate of drug-likeness (QED) is 0.340. The number of ketones is 1. The lowest BCUT2D eigenvalue weighted by molar-refractivity contribution is -0.119. The molecule has 6 heteroatoms. The Kier molecular flexibility index (Phi) is 5.77. The summed E-state index contributed by atoms with van der Waals surface area (Å²) in [5, 5.41) is 2.70. The predicted octanol–water partition coefficient (Wildman–Crippen LogP) is 5.78. The second-order valence-corrected chi connectivity index (χ2v) is 10.9. The van der Waals surface area contributed by atoms with Gasteiger partial charge in [0.1, 0.15) is 5.78 Å². The molecule has 0 saturated heterocycles. The molecule has 5 rings (SSSR count). The molecule has 166 valence electrons. The molecule has 1 saturated carbocycles. The molecule has 0 bridgehead atoms. The Bertz CT molecular complexity index is 1430. The van der Waals surface area contributed by atoms with E-state index in [1.165, 1.54) is 0 Å². The fraction of sp³-hybridized carbons (Fsp3) is 0.185. The first-order valence-electron chi connectivity index (χ1n) is 10.8. The summed E-state index contributed by atoms with van der Waals surface area (Å²) < 4.78 is 25.4. The second-order valence-electron chi connectivity index (χ2n) is 8.54. The maximum atomic E-state index is 12.9. The molecule has 0 aliphatic heterocycles. The smallest absolute Gasteiger partial charge is 0.184 e. The van der Waals surface area contributed by atoms with Gasteiger partial charge < -0.3 is 0 Å². The number of carbonyl (C=O) groups excluding carboxylic acids is 1. The van der Waals surface area contributed by atoms with Crippen molar-refractivity contribution in [2.45, 2.75) is 29.4 Å². The van der Waals surface area contributed by atoms with Crippen molar-refractivity contribution in [3.63, 3.8) is 0 Å². The number of carbonyl (C=O) groups is 1. The number of hydrogen-bond donors (Lipinski definition) is 0. The van der Waals surface area contributed by atoms with E-state index in [1.54, 1.807) is 36.5 Å². The average molecular weight is 476 g/mol. The van der Waals surface area contributed by atoms with Crippen LogP contribution in [-0.4, -0.2) is 19.2 Å². The number of fused-ring (bicyclic) bond motifs is 1. The lowest BCUT2D eigenvalue weighted by atomic mass is 10.00. The van der Waals surface area contributed by atoms with Gasteiger partial charge in [0, 0.05) is 28.9 Å². The van der Waals surface area contributed by atoms with Gasteiger partial charge in [0.15, 0.2) is 9.84 Å². The van der Waals surface area contributed by atoms with Crippen LogP contribution in [0.1, 0.15) is 29.2 Å². The van der Waals surface area contributed by atoms with Crippen LogP contribution in [0, 0.1) is 5.92 Å². The highest BCUT2D eigenvalue weighted by Gasteiger charge is 2.43. The summed E-state index contributed by atoms with van der Waals surface area (Å²) in [6.45, 7) is 0. The minimum absolute atomic E-state index is 0.0251. The minimum Gasteiger partial charge on any atom is -0.299 e. The van der Waals surface area contributed by atoms with E-state index in [4.69, 9.17) is 11.6 Å². The summed E-state index contributed by atoms with van der Waals surface area (Å²) in [6.07, 6.45) is 2.76. The molecule has 1 fully saturated rings. The summed E-state index contributed by atoms with van der Waals surface area (Å²) in [5.41, 5.74) is 2.48. The summed E-state index contributed by atoms with van der Waals surface area (Å²) in [6, 6.07) is 23.9. The van der Waals surface area contributed by atoms with Gasteiger partial charge in [-0.05, 0) is 65.3 Å². The number of aromatic nitrogens is 1. The van der Waals surface area contributed by atoms with Gasteiger partial charge in [-0.25, -0.2) is 8.42 Å². The fourth-order valence-electron chi connectivity index (χ4n) is 4.33. The Balaban J connectivity index is 1.25. The molecule has 1 unspecified atom stereocenters. The minimum atomic E-state index is -3.47. The van der Waals surface area contributed by atoms with Crippen LogP contribution in [0.25, 0.3) is 10.8 Å². The summed E-state index contributed by atoms with van der Waals surface area (Å²) in [7, 11) is -3.47. The summed E-state index contributed by atoms with van der Waals surface area (Å²) in [5.74, 6) is 0.197. The highest BCUT2D eigenvalue weighted by molar-refractivity contribution is 7.90. The van der Waals surface area contributed by atoms with Crippen LogP contribution >= 0.6 is 11.6 Å². The van der Waals surface area contributed by atoms with Crippen LogP contribution in [-0.2, 0) is 26.8 Å². The van der Waals surface area contributed by atoms with Crippen molar-refractivity contribution in [2.75, 3.05) is 0 Å². The molecule has 0 radical (unpaired) electrons. The van der Waals surface area contributed by atoms with Crippen molar-refractivity contribution in [3.8, 4) is 0 Å². The van der Waals surface area contributed by atoms with Crippen molar-refractivity contribution in [2.24, 2.45) is 5.92 Å². The number of benzene rings is 3. The van der Waals surface area contributed by atoms with Crippen molar-refractivity contribution < 1.29 is 13.2 Å². The van der Waals surface area contributed by atoms with E-state index < -0.39 is 9.84 Å². The van der Waals surface area contributed by atoms with Gasteiger partial charge in [-0.1, -0.05) is 54.1 Å². The van der Waals surface area contributed by atoms with E-state index in [9.17, 15) is 13.2 Å². The van der Waals surface area contributed by atoms with Crippen LogP contribution in [0.2, 0.25) is 5.02 Å². The number of rotatable bonds is 7. The Hall–Kier alpha value is -3.02. The molecule has 4 aromatic rings. The molecule has 1 aromatic heterocycles. The van der Waals surface area contributed by atoms with Crippen molar-refractivity contribution in [1.29, 1.82) is 0 Å². The first-order valence-corrected chi connectivity index (χ1v) is 12.9. The van der Waals surface area contributed by atoms with E-state index in [1.807, 2.05) is 48.5 Å². The maximum Gasteiger partial charge on any atom is 0.184 e. The molecular formula is C27H22ClNO3S. The molecular weight excluding hydrogens is 454 g/mol. The zero-order valence-electron chi connectivity index (χ0n) is 17.8. The number of pyridine rings is 1. The number of Topliss-reactive ketones (excluding diaryl/α,β-unsaturated/α-hetero) is 1. The molecule has 0 N–H and O–H groups in total. The number of sulfone groups is 1. The Morgan fingerprint density at radius 1 is 0.970 bits per heavy atom. The molecule has 4 nitrogen and oxygen atoms in total. The van der Waals surface area contributed by atoms with Gasteiger partial charge in [0.05, 0.1) is 16.3 Å². The normalized spacial score (nSPS) is 17.7. The van der Waals surface area contributed by atoms with Crippen molar-refractivity contribution in [3.05, 3.63) is 107 Å². The monoisotopic (exact) mass is 475 g/mol. The van der Waals surface area contributed by atoms with Crippen LogP contribution < -0.4 is 0 Å². The number of nitrogens with zero attached hydrogens (tertiary/aromatic N) is 1. The van der Waals surface area contributed by atoms with Gasteiger partial charge in [-0.3, -0.25) is 9.78 Å². The van der Waals surface area contributed by atoms with E-state index in [0.717, 1.165) is 28.3 Å². The first-order chi connectivity index (χ1) is 15.9. The van der Waals surface area contributed by atoms with Gasteiger partial charge in [-0.2, -0.15) is 0 Å². The highest BCUT2D eigenvalue weighted by Crippen LogP contribution is 2.48. The van der Waals surface area contributed by atoms with Gasteiger partial charge >= 0.3 is 0 Å². The van der Waals surface area contributed by atoms with E-state index >= 15 is 0 Å². The molecule has 1 aliphatic carbocycles. The van der Waals surface area contributed by atoms with Crippen LogP contribution in [0.15, 0.2) is 90.0 Å². The lowest BCUT2D eigenvalue weighted by Gasteiger charge is -2.07. The molecule has 33 heavy (non-hydrogen) atoms. The SMILES string of the molecule is O=C(Cc1ccc2cccc(Cl)c2c1)[C@@H]1CC1c1ccc(S(=O)(=O)Cc2ccccn2)cc1. The van der Waals surface area contributed by atoms with Crippen LogP contribution in [0.4, 0.5) is 0 Å². The maximum absolute atomic E-state index is 12.9. The Morgan fingerprint density at radius 2 is 1.79 bits per heavy atom. The standard InChI is InChI=1S/C27H22ClNO3S/c28-26-6-3-4-19-8-7-18(14-24(19)26)15-27(30)25-16-23(25)20-9-11-22(12-10-20)33(31,32)17-21-5-1-2-13-29-21/h1-14,23,25H,15-17H2/t23?,25-/m1/s1. The van der Waals surface area contributed by atoms with Crippen molar-refractivity contribution >= 4 is 38.0 Å². The zero-order chi connectivity index (χ0) is 23.0. The molecule has 3 aromatic carbocycles. The number of hydrogen-bond acceptors (Lipinski definition) is 4. The first kappa shape index (κ1) is 21.8. The molecule has 0 spiro atoms. The molecule has 0 amide bonds. The van der Waals surface area contributed by atoms with Crippen LogP contribution in [0.5, 0.6) is 0 Å². The largest absolute Gasteiger partial charge is 0.299 e. The summed E-state index contributed by atoms with van der Waals surface area (Å²) >= 11 is 6.30. The Morgan fingerprint density at radius 3 is 2.55 bits per heavy atom. The third-order valence-electron chi connectivity index (χ3n) is 6.21. The lowest BCUT2D eigenvalue weighted by Crippen LogP contribution is -2.07. The summed E-state index contributed by atoms with van der Waals surface area (Å²) in [4.78, 5) is 17.3. The second kappa shape index (κ2) is 8.73. The van der Waals surface area contributed by atoms with E-state index in [-0.39, 0.29) is 28.3 Å². The highest BCUT2D eigenvalue weighted by atomic mass is 35.5. The van der Waals surface area contributed by atoms with E-state index in [0.29, 0.717) is 17.1 Å². The Labute approximate surface area is 198 Å². The van der Waals surface area contributed by atoms with Gasteiger partial charge in [0.2, 0.25) is 0 Å². The molecule has 1 heterocycles. The zero-order valence-corrected chi connectivity index (χ0v) is 19.4. The number of halogens is 1. The van der Waals surface area contributed by atoms with Crippen LogP contribution in [0.3, 0.4) is 0 Å². The third kappa shape index (κ3) is 4.70. The predicted molar refractivity (Wildman–Crippen MR) is 130 cm³/mol. The molecule has 1 aliphatic rings. The van der Waals surface area contributed by atoms with Crippen molar-refractivity contribution in [1.82, 2.24) is 4.98 Å². The van der Waals surface area contributed by atoms with Gasteiger partial charge in [-0.15, -0.1) is 0 Å².